The molecule has 0 aliphatic rings. The number of hydrogen-bond acceptors (Lipinski definition) is 6. The number of rotatable bonds is 9. The standard InChI is InChI=1S/C22H25NO2S.C2H2O4/c1-17(2)25-21-10-4-3-9-20(21)24-13-12-23-16-18-7-5-8-19(15-18)22-11-6-14-26-22;3-1(4)2(5)6/h3-11,14-15,17,23H,12-13,16H2,1-2H3;(H,3,4)(H,5,6). The van der Waals surface area contributed by atoms with Gasteiger partial charge in [0.1, 0.15) is 6.61 Å². The largest absolute Gasteiger partial charge is 0.488 e. The zero-order chi connectivity index (χ0) is 23.3. The van der Waals surface area contributed by atoms with Crippen LogP contribution in [0, 0.1) is 0 Å². The molecule has 0 radical (unpaired) electrons. The summed E-state index contributed by atoms with van der Waals surface area (Å²) in [5, 5.41) is 20.3. The van der Waals surface area contributed by atoms with Gasteiger partial charge in [0.05, 0.1) is 6.10 Å². The van der Waals surface area contributed by atoms with Crippen LogP contribution in [0.2, 0.25) is 0 Å². The Labute approximate surface area is 191 Å². The van der Waals surface area contributed by atoms with Crippen molar-refractivity contribution in [1.82, 2.24) is 5.32 Å². The van der Waals surface area contributed by atoms with Crippen LogP contribution < -0.4 is 14.8 Å². The molecule has 1 heterocycles. The average Bonchev–Trinajstić information content (AvgIpc) is 3.30. The third-order valence-corrected chi connectivity index (χ3v) is 4.91. The molecule has 0 amide bonds. The van der Waals surface area contributed by atoms with Gasteiger partial charge in [-0.3, -0.25) is 0 Å². The summed E-state index contributed by atoms with van der Waals surface area (Å²) in [5.41, 5.74) is 2.55. The molecular formula is C24H27NO6S. The zero-order valence-electron chi connectivity index (χ0n) is 18.0. The van der Waals surface area contributed by atoms with Crippen molar-refractivity contribution in [2.24, 2.45) is 0 Å². The molecule has 0 saturated heterocycles. The second-order valence-corrected chi connectivity index (χ2v) is 7.87. The molecule has 170 valence electrons. The zero-order valence-corrected chi connectivity index (χ0v) is 18.8. The van der Waals surface area contributed by atoms with Crippen LogP contribution in [0.4, 0.5) is 0 Å². The van der Waals surface area contributed by atoms with Gasteiger partial charge in [0.2, 0.25) is 0 Å². The minimum Gasteiger partial charge on any atom is -0.488 e. The van der Waals surface area contributed by atoms with E-state index in [0.29, 0.717) is 6.61 Å². The van der Waals surface area contributed by atoms with Gasteiger partial charge >= 0.3 is 11.9 Å². The lowest BCUT2D eigenvalue weighted by Crippen LogP contribution is -2.20. The molecule has 3 N–H and O–H groups in total. The minimum absolute atomic E-state index is 0.133. The number of para-hydroxylation sites is 2. The second-order valence-electron chi connectivity index (χ2n) is 6.93. The monoisotopic (exact) mass is 457 g/mol. The maximum atomic E-state index is 9.10. The van der Waals surface area contributed by atoms with E-state index < -0.39 is 11.9 Å². The van der Waals surface area contributed by atoms with Gasteiger partial charge in [-0.15, -0.1) is 11.3 Å². The fourth-order valence-corrected chi connectivity index (χ4v) is 3.39. The summed E-state index contributed by atoms with van der Waals surface area (Å²) in [4.78, 5) is 19.5. The fraction of sp³-hybridized carbons (Fsp3) is 0.250. The molecule has 3 rings (SSSR count). The number of ether oxygens (including phenoxy) is 2. The quantitative estimate of drug-likeness (QED) is 0.320. The van der Waals surface area contributed by atoms with E-state index in [1.807, 2.05) is 38.1 Å². The van der Waals surface area contributed by atoms with E-state index in [1.54, 1.807) is 11.3 Å². The van der Waals surface area contributed by atoms with Crippen LogP contribution in [0.3, 0.4) is 0 Å². The van der Waals surface area contributed by atoms with E-state index in [9.17, 15) is 0 Å². The highest BCUT2D eigenvalue weighted by Gasteiger charge is 2.06. The molecule has 3 aromatic rings. The van der Waals surface area contributed by atoms with Crippen LogP contribution >= 0.6 is 11.3 Å². The number of aliphatic carboxylic acids is 2. The van der Waals surface area contributed by atoms with Gasteiger partial charge < -0.3 is 25.0 Å². The lowest BCUT2D eigenvalue weighted by molar-refractivity contribution is -0.159. The van der Waals surface area contributed by atoms with Crippen molar-refractivity contribution < 1.29 is 29.3 Å². The lowest BCUT2D eigenvalue weighted by Gasteiger charge is -2.15. The molecule has 7 nitrogen and oxygen atoms in total. The molecule has 0 unspecified atom stereocenters. The Hall–Kier alpha value is -3.36. The molecule has 0 aliphatic carbocycles. The van der Waals surface area contributed by atoms with Gasteiger partial charge in [0.15, 0.2) is 11.5 Å². The van der Waals surface area contributed by atoms with Crippen molar-refractivity contribution in [3.63, 3.8) is 0 Å². The van der Waals surface area contributed by atoms with Gasteiger partial charge in [0.25, 0.3) is 0 Å². The second kappa shape index (κ2) is 13.1. The highest BCUT2D eigenvalue weighted by molar-refractivity contribution is 7.13. The number of thiophene rings is 1. The van der Waals surface area contributed by atoms with Gasteiger partial charge in [-0.1, -0.05) is 36.4 Å². The summed E-state index contributed by atoms with van der Waals surface area (Å²) < 4.78 is 11.6. The van der Waals surface area contributed by atoms with Crippen LogP contribution in [-0.4, -0.2) is 41.4 Å². The van der Waals surface area contributed by atoms with Crippen LogP contribution in [-0.2, 0) is 16.1 Å². The smallest absolute Gasteiger partial charge is 0.414 e. The molecular weight excluding hydrogens is 430 g/mol. The normalized spacial score (nSPS) is 10.2. The average molecular weight is 458 g/mol. The van der Waals surface area contributed by atoms with E-state index in [-0.39, 0.29) is 6.10 Å². The Kier molecular flexibility index (Phi) is 10.2. The van der Waals surface area contributed by atoms with Gasteiger partial charge in [-0.2, -0.15) is 0 Å². The van der Waals surface area contributed by atoms with Gasteiger partial charge in [0, 0.05) is 18.0 Å². The Morgan fingerprint density at radius 2 is 1.69 bits per heavy atom. The number of nitrogens with one attached hydrogen (secondary N) is 1. The molecule has 8 heteroatoms. The maximum Gasteiger partial charge on any atom is 0.414 e. The first-order chi connectivity index (χ1) is 15.4. The Morgan fingerprint density at radius 1 is 0.969 bits per heavy atom. The van der Waals surface area contributed by atoms with Crippen molar-refractivity contribution in [2.75, 3.05) is 13.2 Å². The Bertz CT molecular complexity index is 976. The summed E-state index contributed by atoms with van der Waals surface area (Å²) >= 11 is 1.77. The summed E-state index contributed by atoms with van der Waals surface area (Å²) in [5.74, 6) is -2.06. The van der Waals surface area contributed by atoms with Crippen LogP contribution in [0.25, 0.3) is 10.4 Å². The van der Waals surface area contributed by atoms with Gasteiger partial charge in [-0.25, -0.2) is 9.59 Å². The van der Waals surface area contributed by atoms with Crippen LogP contribution in [0.1, 0.15) is 19.4 Å². The fourth-order valence-electron chi connectivity index (χ4n) is 2.66. The van der Waals surface area contributed by atoms with Crippen LogP contribution in [0.5, 0.6) is 11.5 Å². The molecule has 0 spiro atoms. The van der Waals surface area contributed by atoms with E-state index in [4.69, 9.17) is 29.3 Å². The molecule has 0 atom stereocenters. The first-order valence-corrected chi connectivity index (χ1v) is 10.9. The predicted molar refractivity (Wildman–Crippen MR) is 124 cm³/mol. The third kappa shape index (κ3) is 8.79. The lowest BCUT2D eigenvalue weighted by atomic mass is 10.1. The molecule has 0 saturated carbocycles. The molecule has 32 heavy (non-hydrogen) atoms. The third-order valence-electron chi connectivity index (χ3n) is 3.99. The predicted octanol–water partition coefficient (Wildman–Crippen LogP) is 4.53. The first-order valence-electron chi connectivity index (χ1n) is 10.0. The molecule has 2 aromatic carbocycles. The van der Waals surface area contributed by atoms with Crippen molar-refractivity contribution in [3.05, 3.63) is 71.6 Å². The minimum atomic E-state index is -1.82. The Morgan fingerprint density at radius 3 is 2.31 bits per heavy atom. The van der Waals surface area contributed by atoms with Gasteiger partial charge in [-0.05, 0) is 54.6 Å². The number of carboxylic acids is 2. The molecule has 0 aliphatic heterocycles. The number of carbonyl (C=O) groups is 2. The van der Waals surface area contributed by atoms with Crippen molar-refractivity contribution >= 4 is 23.3 Å². The number of carboxylic acid groups (broad SMARTS) is 2. The number of hydrogen-bond donors (Lipinski definition) is 3. The maximum absolute atomic E-state index is 9.10. The summed E-state index contributed by atoms with van der Waals surface area (Å²) in [6.07, 6.45) is 0.133. The summed E-state index contributed by atoms with van der Waals surface area (Å²) in [6.45, 7) is 6.24. The highest BCUT2D eigenvalue weighted by Crippen LogP contribution is 2.27. The van der Waals surface area contributed by atoms with Crippen molar-refractivity contribution in [2.45, 2.75) is 26.5 Å². The SMILES string of the molecule is CC(C)Oc1ccccc1OCCNCc1cccc(-c2cccs2)c1.O=C(O)C(=O)O. The topological polar surface area (TPSA) is 105 Å². The van der Waals surface area contributed by atoms with Crippen LogP contribution in [0.15, 0.2) is 66.0 Å². The van der Waals surface area contributed by atoms with E-state index >= 15 is 0 Å². The molecule has 0 bridgehead atoms. The summed E-state index contributed by atoms with van der Waals surface area (Å²) in [7, 11) is 0. The molecule has 1 aromatic heterocycles. The number of benzene rings is 2. The van der Waals surface area contributed by atoms with E-state index in [0.717, 1.165) is 24.6 Å². The van der Waals surface area contributed by atoms with E-state index in [1.165, 1.54) is 16.0 Å². The van der Waals surface area contributed by atoms with Crippen molar-refractivity contribution in [1.29, 1.82) is 0 Å². The Balaban J connectivity index is 0.000000534. The van der Waals surface area contributed by atoms with Crippen molar-refractivity contribution in [3.8, 4) is 21.9 Å². The summed E-state index contributed by atoms with van der Waals surface area (Å²) in [6, 6.07) is 20.7. The van der Waals surface area contributed by atoms with E-state index in [2.05, 4.69) is 47.1 Å². The molecule has 0 fully saturated rings. The highest BCUT2D eigenvalue weighted by atomic mass is 32.1. The first kappa shape index (κ1) is 24.9.